The number of unbranched alkanes of at least 4 members (excludes halogenated alkanes) is 1. The van der Waals surface area contributed by atoms with E-state index in [0.29, 0.717) is 0 Å². The molecule has 0 amide bonds. The Morgan fingerprint density at radius 1 is 0.812 bits per heavy atom. The highest BCUT2D eigenvalue weighted by Crippen LogP contribution is 2.27. The van der Waals surface area contributed by atoms with Crippen LogP contribution in [-0.2, 0) is 6.42 Å². The van der Waals surface area contributed by atoms with Gasteiger partial charge in [0, 0.05) is 0 Å². The van der Waals surface area contributed by atoms with E-state index in [0.717, 1.165) is 6.42 Å². The largest absolute Gasteiger partial charge is 0.103 e. The number of rotatable bonds is 4. The molecule has 0 saturated carbocycles. The molecule has 0 unspecified atom stereocenters. The minimum absolute atomic E-state index is 1.12. The van der Waals surface area contributed by atoms with Gasteiger partial charge < -0.3 is 0 Å². The minimum Gasteiger partial charge on any atom is -0.103 e. The van der Waals surface area contributed by atoms with Crippen LogP contribution in [0.2, 0.25) is 0 Å². The Morgan fingerprint density at radius 3 is 1.69 bits per heavy atom. The normalized spacial score (nSPS) is 10.6. The summed E-state index contributed by atoms with van der Waals surface area (Å²) in [6, 6.07) is 0. The van der Waals surface area contributed by atoms with Crippen LogP contribution < -0.4 is 0 Å². The molecule has 0 fully saturated rings. The predicted octanol–water partition coefficient (Wildman–Crippen LogP) is 4.74. The Morgan fingerprint density at radius 2 is 1.25 bits per heavy atom. The van der Waals surface area contributed by atoms with Crippen molar-refractivity contribution in [3.63, 3.8) is 0 Å². The van der Waals surface area contributed by atoms with E-state index < -0.39 is 0 Å². The monoisotopic (exact) mass is 216 g/mol. The van der Waals surface area contributed by atoms with Gasteiger partial charge in [-0.3, -0.25) is 0 Å². The Kier molecular flexibility index (Phi) is 4.35. The SMILES string of the molecule is C=CCCCc1c(C)c(C)c(C)c(C)c1C. The molecular formula is C16H24. The lowest BCUT2D eigenvalue weighted by Crippen LogP contribution is -2.02. The average Bonchev–Trinajstić information content (AvgIpc) is 2.28. The third-order valence-electron chi connectivity index (χ3n) is 3.99. The van der Waals surface area contributed by atoms with Gasteiger partial charge in [-0.25, -0.2) is 0 Å². The standard InChI is InChI=1S/C16H24/c1-7-8-9-10-16-14(5)12(3)11(2)13(4)15(16)6/h7H,1,8-10H2,2-6H3. The van der Waals surface area contributed by atoms with Crippen molar-refractivity contribution in [2.24, 2.45) is 0 Å². The van der Waals surface area contributed by atoms with E-state index in [1.54, 1.807) is 5.56 Å². The van der Waals surface area contributed by atoms with Crippen LogP contribution in [-0.4, -0.2) is 0 Å². The topological polar surface area (TPSA) is 0 Å². The van der Waals surface area contributed by atoms with E-state index in [2.05, 4.69) is 41.2 Å². The van der Waals surface area contributed by atoms with Gasteiger partial charge in [0.15, 0.2) is 0 Å². The van der Waals surface area contributed by atoms with Crippen LogP contribution in [0.4, 0.5) is 0 Å². The van der Waals surface area contributed by atoms with Crippen molar-refractivity contribution in [1.82, 2.24) is 0 Å². The number of allylic oxidation sites excluding steroid dienone is 1. The van der Waals surface area contributed by atoms with Crippen LogP contribution in [0.3, 0.4) is 0 Å². The first-order valence-electron chi connectivity index (χ1n) is 6.17. The first-order chi connectivity index (χ1) is 7.50. The summed E-state index contributed by atoms with van der Waals surface area (Å²) in [6.07, 6.45) is 5.53. The van der Waals surface area contributed by atoms with E-state index in [4.69, 9.17) is 0 Å². The smallest absolute Gasteiger partial charge is 0.0270 e. The first-order valence-corrected chi connectivity index (χ1v) is 6.17. The van der Waals surface area contributed by atoms with Crippen molar-refractivity contribution in [2.45, 2.75) is 53.9 Å². The van der Waals surface area contributed by atoms with Crippen molar-refractivity contribution in [3.05, 3.63) is 46.0 Å². The Balaban J connectivity index is 3.13. The Labute approximate surface area is 100 Å². The molecule has 0 aromatic heterocycles. The van der Waals surface area contributed by atoms with Gasteiger partial charge in [-0.15, -0.1) is 6.58 Å². The van der Waals surface area contributed by atoms with Crippen LogP contribution in [0.25, 0.3) is 0 Å². The van der Waals surface area contributed by atoms with Crippen LogP contribution in [0.5, 0.6) is 0 Å². The maximum Gasteiger partial charge on any atom is -0.0270 e. The molecule has 0 aliphatic heterocycles. The molecule has 88 valence electrons. The summed E-state index contributed by atoms with van der Waals surface area (Å²) < 4.78 is 0. The summed E-state index contributed by atoms with van der Waals surface area (Å²) in [5.74, 6) is 0. The van der Waals surface area contributed by atoms with Crippen molar-refractivity contribution in [3.8, 4) is 0 Å². The molecule has 1 aromatic carbocycles. The molecule has 0 aliphatic carbocycles. The van der Waals surface area contributed by atoms with Crippen LogP contribution >= 0.6 is 0 Å². The number of hydrogen-bond donors (Lipinski definition) is 0. The third-order valence-corrected chi connectivity index (χ3v) is 3.99. The Bertz CT molecular complexity index is 368. The van der Waals surface area contributed by atoms with Crippen LogP contribution in [0, 0.1) is 34.6 Å². The van der Waals surface area contributed by atoms with Gasteiger partial charge in [0.05, 0.1) is 0 Å². The molecule has 0 N–H and O–H groups in total. The second kappa shape index (κ2) is 5.34. The van der Waals surface area contributed by atoms with Crippen LogP contribution in [0.1, 0.15) is 46.2 Å². The lowest BCUT2D eigenvalue weighted by atomic mass is 9.87. The molecule has 0 saturated heterocycles. The molecule has 1 rings (SSSR count). The lowest BCUT2D eigenvalue weighted by molar-refractivity contribution is 0.828. The van der Waals surface area contributed by atoms with Gasteiger partial charge >= 0.3 is 0 Å². The average molecular weight is 216 g/mol. The molecule has 1 aromatic rings. The molecule has 0 aliphatic rings. The highest BCUT2D eigenvalue weighted by Gasteiger charge is 2.11. The fourth-order valence-electron chi connectivity index (χ4n) is 2.38. The van der Waals surface area contributed by atoms with Crippen molar-refractivity contribution < 1.29 is 0 Å². The molecular weight excluding hydrogens is 192 g/mol. The van der Waals surface area contributed by atoms with E-state index >= 15 is 0 Å². The fraction of sp³-hybridized carbons (Fsp3) is 0.500. The summed E-state index contributed by atoms with van der Waals surface area (Å²) in [6.45, 7) is 15.0. The van der Waals surface area contributed by atoms with E-state index in [-0.39, 0.29) is 0 Å². The zero-order valence-corrected chi connectivity index (χ0v) is 11.4. The van der Waals surface area contributed by atoms with E-state index in [1.165, 1.54) is 40.7 Å². The number of hydrogen-bond acceptors (Lipinski definition) is 0. The molecule has 0 heteroatoms. The summed E-state index contributed by atoms with van der Waals surface area (Å²) in [4.78, 5) is 0. The predicted molar refractivity (Wildman–Crippen MR) is 73.3 cm³/mol. The molecule has 0 bridgehead atoms. The van der Waals surface area contributed by atoms with E-state index in [1.807, 2.05) is 6.08 Å². The van der Waals surface area contributed by atoms with Gasteiger partial charge in [-0.1, -0.05) is 6.08 Å². The van der Waals surface area contributed by atoms with Gasteiger partial charge in [0.25, 0.3) is 0 Å². The van der Waals surface area contributed by atoms with Gasteiger partial charge in [-0.2, -0.15) is 0 Å². The van der Waals surface area contributed by atoms with E-state index in [9.17, 15) is 0 Å². The van der Waals surface area contributed by atoms with Crippen molar-refractivity contribution in [1.29, 1.82) is 0 Å². The maximum absolute atomic E-state index is 3.79. The number of benzene rings is 1. The molecule has 16 heavy (non-hydrogen) atoms. The summed E-state index contributed by atoms with van der Waals surface area (Å²) in [5, 5.41) is 0. The van der Waals surface area contributed by atoms with Crippen molar-refractivity contribution in [2.75, 3.05) is 0 Å². The second-order valence-corrected chi connectivity index (χ2v) is 4.78. The molecule has 0 nitrogen and oxygen atoms in total. The molecule has 0 spiro atoms. The van der Waals surface area contributed by atoms with Crippen LogP contribution in [0.15, 0.2) is 12.7 Å². The van der Waals surface area contributed by atoms with Crippen molar-refractivity contribution >= 4 is 0 Å². The summed E-state index contributed by atoms with van der Waals surface area (Å²) in [5.41, 5.74) is 8.94. The first kappa shape index (κ1) is 13.0. The zero-order chi connectivity index (χ0) is 12.3. The van der Waals surface area contributed by atoms with Gasteiger partial charge in [0.2, 0.25) is 0 Å². The minimum atomic E-state index is 1.12. The third kappa shape index (κ3) is 2.37. The molecule has 0 atom stereocenters. The second-order valence-electron chi connectivity index (χ2n) is 4.78. The Hall–Kier alpha value is -1.04. The summed E-state index contributed by atoms with van der Waals surface area (Å²) in [7, 11) is 0. The maximum atomic E-state index is 3.79. The molecule has 0 radical (unpaired) electrons. The van der Waals surface area contributed by atoms with Gasteiger partial charge in [0.1, 0.15) is 0 Å². The molecule has 0 heterocycles. The quantitative estimate of drug-likeness (QED) is 0.504. The highest BCUT2D eigenvalue weighted by molar-refractivity contribution is 5.49. The lowest BCUT2D eigenvalue weighted by Gasteiger charge is -2.18. The summed E-state index contributed by atoms with van der Waals surface area (Å²) >= 11 is 0. The zero-order valence-electron chi connectivity index (χ0n) is 11.4. The fourth-order valence-corrected chi connectivity index (χ4v) is 2.38. The highest BCUT2D eigenvalue weighted by atomic mass is 14.2. The van der Waals surface area contributed by atoms with Gasteiger partial charge in [-0.05, 0) is 87.3 Å².